The second kappa shape index (κ2) is 21.0. The van der Waals surface area contributed by atoms with Gasteiger partial charge in [0.25, 0.3) is 5.56 Å². The third kappa shape index (κ3) is 12.3. The molecule has 3 aromatic rings. The molecule has 8 heteroatoms. The molecule has 0 bridgehead atoms. The van der Waals surface area contributed by atoms with E-state index < -0.39 is 0 Å². The third-order valence-corrected chi connectivity index (χ3v) is 9.92. The van der Waals surface area contributed by atoms with Crippen LogP contribution in [0, 0.1) is 6.92 Å². The number of unbranched alkanes of at least 4 members (excludes halogenated alkanes) is 4. The van der Waals surface area contributed by atoms with Crippen molar-refractivity contribution in [1.29, 1.82) is 0 Å². The fourth-order valence-electron chi connectivity index (χ4n) is 6.62. The molecule has 1 aromatic heterocycles. The van der Waals surface area contributed by atoms with Gasteiger partial charge in [-0.25, -0.2) is 4.79 Å². The predicted molar refractivity (Wildman–Crippen MR) is 180 cm³/mol. The van der Waals surface area contributed by atoms with Gasteiger partial charge in [0.15, 0.2) is 0 Å². The Morgan fingerprint density at radius 1 is 0.556 bits per heavy atom. The Kier molecular flexibility index (Phi) is 19.1. The number of hydrogen-bond donors (Lipinski definition) is 0. The first kappa shape index (κ1) is 41.0. The molecule has 45 heavy (non-hydrogen) atoms. The summed E-state index contributed by atoms with van der Waals surface area (Å²) >= 11 is 0. The summed E-state index contributed by atoms with van der Waals surface area (Å²) in [4.78, 5) is 26.1. The summed E-state index contributed by atoms with van der Waals surface area (Å²) in [5, 5.41) is 0. The number of nitrogens with zero attached hydrogens (tertiary/aromatic N) is 4. The quantitative estimate of drug-likeness (QED) is 0.127. The number of aromatic nitrogens is 2. The van der Waals surface area contributed by atoms with E-state index in [-0.39, 0.29) is 45.2 Å². The molecular formula is C37H58Br2N4O2. The number of quaternary nitrogens is 2. The monoisotopic (exact) mass is 748 g/mol. The van der Waals surface area contributed by atoms with Crippen LogP contribution >= 0.6 is 0 Å². The molecule has 6 nitrogen and oxygen atoms in total. The highest BCUT2D eigenvalue weighted by Crippen LogP contribution is 2.18. The Morgan fingerprint density at radius 2 is 0.956 bits per heavy atom. The Morgan fingerprint density at radius 3 is 1.36 bits per heavy atom. The van der Waals surface area contributed by atoms with Crippen molar-refractivity contribution in [3.8, 4) is 0 Å². The van der Waals surface area contributed by atoms with Crippen LogP contribution in [0.2, 0.25) is 0 Å². The van der Waals surface area contributed by atoms with Crippen molar-refractivity contribution in [2.45, 2.75) is 99.3 Å². The number of benzene rings is 2. The largest absolute Gasteiger partial charge is 1.00 e. The molecule has 3 rings (SSSR count). The summed E-state index contributed by atoms with van der Waals surface area (Å²) in [5.41, 5.74) is 3.26. The van der Waals surface area contributed by atoms with E-state index in [4.69, 9.17) is 0 Å². The van der Waals surface area contributed by atoms with Crippen molar-refractivity contribution in [2.24, 2.45) is 0 Å². The minimum absolute atomic E-state index is 0. The summed E-state index contributed by atoms with van der Waals surface area (Å²) in [6.07, 6.45) is 6.15. The molecule has 2 aromatic carbocycles. The molecule has 0 aliphatic rings. The van der Waals surface area contributed by atoms with Crippen LogP contribution in [-0.2, 0) is 26.2 Å². The maximum Gasteiger partial charge on any atom is 0.331 e. The Labute approximate surface area is 293 Å². The molecule has 0 aliphatic carbocycles. The van der Waals surface area contributed by atoms with Crippen LogP contribution in [0.4, 0.5) is 0 Å². The fraction of sp³-hybridized carbons (Fsp3) is 0.568. The van der Waals surface area contributed by atoms with Gasteiger partial charge in [0.2, 0.25) is 0 Å². The highest BCUT2D eigenvalue weighted by Gasteiger charge is 2.24. The van der Waals surface area contributed by atoms with Crippen molar-refractivity contribution in [2.75, 3.05) is 39.3 Å². The zero-order chi connectivity index (χ0) is 31.1. The third-order valence-electron chi connectivity index (χ3n) is 9.92. The fourth-order valence-corrected chi connectivity index (χ4v) is 6.62. The first-order valence-electron chi connectivity index (χ1n) is 16.9. The first-order chi connectivity index (χ1) is 20.8. The van der Waals surface area contributed by atoms with Gasteiger partial charge >= 0.3 is 5.69 Å². The molecule has 0 saturated heterocycles. The van der Waals surface area contributed by atoms with Gasteiger partial charge in [0, 0.05) is 36.0 Å². The van der Waals surface area contributed by atoms with E-state index in [1.165, 1.54) is 15.7 Å². The zero-order valence-electron chi connectivity index (χ0n) is 28.5. The van der Waals surface area contributed by atoms with Crippen LogP contribution < -0.4 is 45.2 Å². The van der Waals surface area contributed by atoms with E-state index in [0.29, 0.717) is 13.1 Å². The van der Waals surface area contributed by atoms with Crippen LogP contribution in [0.15, 0.2) is 76.3 Å². The van der Waals surface area contributed by atoms with Gasteiger partial charge in [-0.1, -0.05) is 60.7 Å². The first-order valence-corrected chi connectivity index (χ1v) is 16.9. The van der Waals surface area contributed by atoms with Crippen molar-refractivity contribution in [1.82, 2.24) is 9.13 Å². The highest BCUT2D eigenvalue weighted by molar-refractivity contribution is 5.14. The molecule has 0 N–H and O–H groups in total. The van der Waals surface area contributed by atoms with Gasteiger partial charge in [-0.05, 0) is 73.1 Å². The maximum atomic E-state index is 13.4. The number of rotatable bonds is 20. The smallest absolute Gasteiger partial charge is 0.331 e. The number of aryl methyl sites for hydroxylation is 1. The van der Waals surface area contributed by atoms with E-state index in [0.717, 1.165) is 106 Å². The molecule has 0 saturated carbocycles. The zero-order valence-corrected chi connectivity index (χ0v) is 31.7. The van der Waals surface area contributed by atoms with Gasteiger partial charge in [-0.2, -0.15) is 0 Å². The molecule has 0 amide bonds. The normalized spacial score (nSPS) is 11.6. The molecule has 252 valence electrons. The summed E-state index contributed by atoms with van der Waals surface area (Å²) < 4.78 is 5.46. The van der Waals surface area contributed by atoms with Gasteiger partial charge in [-0.3, -0.25) is 13.9 Å². The summed E-state index contributed by atoms with van der Waals surface area (Å²) in [6.45, 7) is 21.1. The van der Waals surface area contributed by atoms with Crippen molar-refractivity contribution in [3.05, 3.63) is 104 Å². The summed E-state index contributed by atoms with van der Waals surface area (Å²) in [5.74, 6) is 0. The summed E-state index contributed by atoms with van der Waals surface area (Å²) in [6, 6.07) is 23.2. The molecule has 0 fully saturated rings. The molecule has 0 unspecified atom stereocenters. The standard InChI is InChI=1S/C37H58N4O2.2BrH/c1-6-40(7-2,31-34-22-14-10-15-23-34)28-20-12-18-26-38-33(5)30-36(42)39(37(38)43)27-19-13-21-29-41(8-3,9-4)32-35-24-16-11-17-25-35;;/h10-11,14-17,22-25,30H,6-9,12-13,18-21,26-29,31-32H2,1-5H3;2*1H/q+2;;/p-2. The average Bonchev–Trinajstić information content (AvgIpc) is 3.03. The predicted octanol–water partition coefficient (Wildman–Crippen LogP) is 0.781. The Hall–Kier alpha value is -2.00. The van der Waals surface area contributed by atoms with Crippen LogP contribution in [0.5, 0.6) is 0 Å². The van der Waals surface area contributed by atoms with Gasteiger partial charge in [0.05, 0.1) is 39.3 Å². The van der Waals surface area contributed by atoms with Crippen LogP contribution in [0.3, 0.4) is 0 Å². The second-order valence-corrected chi connectivity index (χ2v) is 12.5. The van der Waals surface area contributed by atoms with Crippen molar-refractivity contribution < 1.29 is 42.9 Å². The molecule has 0 spiro atoms. The second-order valence-electron chi connectivity index (χ2n) is 12.5. The van der Waals surface area contributed by atoms with Gasteiger partial charge in [0.1, 0.15) is 13.1 Å². The van der Waals surface area contributed by atoms with E-state index in [1.807, 2.05) is 11.5 Å². The Balaban J connectivity index is 0.00000506. The van der Waals surface area contributed by atoms with E-state index in [1.54, 1.807) is 6.07 Å². The minimum Gasteiger partial charge on any atom is -1.00 e. The Bertz CT molecular complexity index is 1330. The van der Waals surface area contributed by atoms with Crippen LogP contribution in [0.25, 0.3) is 0 Å². The lowest BCUT2D eigenvalue weighted by atomic mass is 10.1. The minimum atomic E-state index is -0.163. The molecular weight excluding hydrogens is 692 g/mol. The van der Waals surface area contributed by atoms with Gasteiger partial charge < -0.3 is 42.9 Å². The van der Waals surface area contributed by atoms with E-state index >= 15 is 0 Å². The lowest BCUT2D eigenvalue weighted by Crippen LogP contribution is -3.00. The molecule has 0 atom stereocenters. The van der Waals surface area contributed by atoms with Crippen molar-refractivity contribution in [3.63, 3.8) is 0 Å². The molecule has 0 radical (unpaired) electrons. The summed E-state index contributed by atoms with van der Waals surface area (Å²) in [7, 11) is 0. The lowest BCUT2D eigenvalue weighted by Gasteiger charge is -2.37. The lowest BCUT2D eigenvalue weighted by molar-refractivity contribution is -0.938. The SMILES string of the molecule is CC[N+](CC)(CCCCCn1c(C)cc(=O)n(CCCCC[N+](CC)(CC)Cc2ccccc2)c1=O)Cc1ccccc1.[Br-].[Br-]. The topological polar surface area (TPSA) is 44.0 Å². The highest BCUT2D eigenvalue weighted by atomic mass is 79.9. The molecule has 0 aliphatic heterocycles. The average molecular weight is 751 g/mol. The van der Waals surface area contributed by atoms with Crippen molar-refractivity contribution >= 4 is 0 Å². The molecule has 1 heterocycles. The van der Waals surface area contributed by atoms with Gasteiger partial charge in [-0.15, -0.1) is 0 Å². The van der Waals surface area contributed by atoms with E-state index in [9.17, 15) is 9.59 Å². The number of hydrogen-bond acceptors (Lipinski definition) is 2. The number of halogens is 2. The van der Waals surface area contributed by atoms with E-state index in [2.05, 4.69) is 88.4 Å². The van der Waals surface area contributed by atoms with Crippen LogP contribution in [-0.4, -0.2) is 57.4 Å². The van der Waals surface area contributed by atoms with Crippen LogP contribution in [0.1, 0.15) is 83.0 Å². The maximum absolute atomic E-state index is 13.4.